The van der Waals surface area contributed by atoms with Crippen LogP contribution in [0.3, 0.4) is 0 Å². The maximum Gasteiger partial charge on any atom is 0.274 e. The molecule has 3 nitrogen and oxygen atoms in total. The lowest BCUT2D eigenvalue weighted by molar-refractivity contribution is 0.630. The number of aryl methyl sites for hydroxylation is 2. The summed E-state index contributed by atoms with van der Waals surface area (Å²) in [7, 11) is 0. The number of halogens is 1. The lowest BCUT2D eigenvalue weighted by Crippen LogP contribution is -2.14. The van der Waals surface area contributed by atoms with Crippen molar-refractivity contribution in [3.05, 3.63) is 51.8 Å². The minimum atomic E-state index is -0.441. The van der Waals surface area contributed by atoms with Gasteiger partial charge in [0.2, 0.25) is 0 Å². The topological polar surface area (TPSA) is 45.8 Å². The van der Waals surface area contributed by atoms with Gasteiger partial charge in [-0.05, 0) is 26.0 Å². The first-order valence-corrected chi connectivity index (χ1v) is 4.92. The smallest absolute Gasteiger partial charge is 0.274 e. The Morgan fingerprint density at radius 1 is 1.25 bits per heavy atom. The van der Waals surface area contributed by atoms with Gasteiger partial charge in [-0.15, -0.1) is 0 Å². The van der Waals surface area contributed by atoms with Gasteiger partial charge in [-0.1, -0.05) is 12.1 Å². The molecular formula is C12H11FN2O. The average Bonchev–Trinajstić information content (AvgIpc) is 2.25. The van der Waals surface area contributed by atoms with Crippen LogP contribution in [-0.4, -0.2) is 9.97 Å². The summed E-state index contributed by atoms with van der Waals surface area (Å²) in [6.07, 6.45) is 0. The molecule has 0 atom stereocenters. The van der Waals surface area contributed by atoms with Gasteiger partial charge in [0.05, 0.1) is 5.69 Å². The number of aromatic nitrogens is 2. The minimum absolute atomic E-state index is 0.126. The lowest BCUT2D eigenvalue weighted by atomic mass is 10.1. The fourth-order valence-electron chi connectivity index (χ4n) is 1.46. The van der Waals surface area contributed by atoms with Crippen LogP contribution in [0.4, 0.5) is 4.39 Å². The number of hydrogen-bond donors (Lipinski definition) is 1. The van der Waals surface area contributed by atoms with Gasteiger partial charge in [0.1, 0.15) is 11.5 Å². The Balaban J connectivity index is 2.70. The van der Waals surface area contributed by atoms with E-state index >= 15 is 0 Å². The SMILES string of the molecule is Cc1nc(-c2ccccc2F)c(=O)[nH]c1C. The van der Waals surface area contributed by atoms with Gasteiger partial charge >= 0.3 is 0 Å². The molecule has 0 bridgehead atoms. The predicted molar refractivity (Wildman–Crippen MR) is 59.7 cm³/mol. The highest BCUT2D eigenvalue weighted by atomic mass is 19.1. The number of hydrogen-bond acceptors (Lipinski definition) is 2. The van der Waals surface area contributed by atoms with Crippen molar-refractivity contribution in [1.82, 2.24) is 9.97 Å². The summed E-state index contributed by atoms with van der Waals surface area (Å²) in [5.41, 5.74) is 1.38. The molecule has 4 heteroatoms. The van der Waals surface area contributed by atoms with E-state index in [1.807, 2.05) is 0 Å². The summed E-state index contributed by atoms with van der Waals surface area (Å²) in [5, 5.41) is 0. The average molecular weight is 218 g/mol. The van der Waals surface area contributed by atoms with Gasteiger partial charge in [-0.2, -0.15) is 0 Å². The third-order valence-corrected chi connectivity index (χ3v) is 2.47. The van der Waals surface area contributed by atoms with Crippen LogP contribution in [-0.2, 0) is 0 Å². The molecule has 0 aliphatic rings. The molecule has 16 heavy (non-hydrogen) atoms. The molecule has 0 fully saturated rings. The monoisotopic (exact) mass is 218 g/mol. The molecule has 0 amide bonds. The summed E-state index contributed by atoms with van der Waals surface area (Å²) in [6, 6.07) is 6.11. The molecule has 0 unspecified atom stereocenters. The molecule has 0 aliphatic carbocycles. The molecule has 1 N–H and O–H groups in total. The van der Waals surface area contributed by atoms with E-state index in [4.69, 9.17) is 0 Å². The summed E-state index contributed by atoms with van der Waals surface area (Å²) in [5.74, 6) is -0.441. The van der Waals surface area contributed by atoms with Crippen LogP contribution in [0.1, 0.15) is 11.4 Å². The van der Waals surface area contributed by atoms with Crippen molar-refractivity contribution < 1.29 is 4.39 Å². The van der Waals surface area contributed by atoms with Crippen LogP contribution >= 0.6 is 0 Å². The molecule has 2 aromatic rings. The molecule has 2 rings (SSSR count). The van der Waals surface area contributed by atoms with E-state index in [9.17, 15) is 9.18 Å². The Morgan fingerprint density at radius 2 is 1.94 bits per heavy atom. The van der Waals surface area contributed by atoms with Crippen molar-refractivity contribution in [2.45, 2.75) is 13.8 Å². The van der Waals surface area contributed by atoms with Gasteiger partial charge in [0.15, 0.2) is 0 Å². The summed E-state index contributed by atoms with van der Waals surface area (Å²) >= 11 is 0. The molecule has 0 radical (unpaired) electrons. The maximum absolute atomic E-state index is 13.5. The third-order valence-electron chi connectivity index (χ3n) is 2.47. The van der Waals surface area contributed by atoms with E-state index in [2.05, 4.69) is 9.97 Å². The van der Waals surface area contributed by atoms with E-state index in [1.165, 1.54) is 6.07 Å². The predicted octanol–water partition coefficient (Wildman–Crippen LogP) is 2.19. The standard InChI is InChI=1S/C12H11FN2O/c1-7-8(2)15-12(16)11(14-7)9-5-3-4-6-10(9)13/h3-6H,1-2H3,(H,15,16). The molecule has 0 saturated heterocycles. The Labute approximate surface area is 92.0 Å². The molecule has 1 aromatic heterocycles. The number of H-pyrrole nitrogens is 1. The lowest BCUT2D eigenvalue weighted by Gasteiger charge is -2.04. The molecule has 1 heterocycles. The molecule has 1 aromatic carbocycles. The second-order valence-electron chi connectivity index (χ2n) is 3.60. The van der Waals surface area contributed by atoms with Crippen LogP contribution in [0, 0.1) is 19.7 Å². The van der Waals surface area contributed by atoms with E-state index < -0.39 is 5.82 Å². The molecule has 82 valence electrons. The van der Waals surface area contributed by atoms with E-state index in [1.54, 1.807) is 32.0 Å². The summed E-state index contributed by atoms with van der Waals surface area (Å²) in [6.45, 7) is 3.53. The van der Waals surface area contributed by atoms with Crippen molar-refractivity contribution in [3.63, 3.8) is 0 Å². The van der Waals surface area contributed by atoms with Gasteiger partial charge < -0.3 is 4.98 Å². The van der Waals surface area contributed by atoms with Gasteiger partial charge in [0, 0.05) is 11.3 Å². The highest BCUT2D eigenvalue weighted by Gasteiger charge is 2.11. The highest BCUT2D eigenvalue weighted by Crippen LogP contribution is 2.17. The fraction of sp³-hybridized carbons (Fsp3) is 0.167. The number of nitrogens with one attached hydrogen (secondary N) is 1. The Kier molecular flexibility index (Phi) is 2.56. The number of aromatic amines is 1. The third kappa shape index (κ3) is 1.74. The number of rotatable bonds is 1. The second-order valence-corrected chi connectivity index (χ2v) is 3.60. The first-order chi connectivity index (χ1) is 7.59. The van der Waals surface area contributed by atoms with Crippen molar-refractivity contribution >= 4 is 0 Å². The van der Waals surface area contributed by atoms with Crippen LogP contribution in [0.25, 0.3) is 11.3 Å². The largest absolute Gasteiger partial charge is 0.323 e. The van der Waals surface area contributed by atoms with Crippen LogP contribution in [0.15, 0.2) is 29.1 Å². The normalized spacial score (nSPS) is 10.4. The zero-order valence-corrected chi connectivity index (χ0v) is 9.04. The van der Waals surface area contributed by atoms with Crippen molar-refractivity contribution in [1.29, 1.82) is 0 Å². The minimum Gasteiger partial charge on any atom is -0.323 e. The summed E-state index contributed by atoms with van der Waals surface area (Å²) in [4.78, 5) is 18.4. The van der Waals surface area contributed by atoms with Crippen LogP contribution in [0.5, 0.6) is 0 Å². The van der Waals surface area contributed by atoms with Gasteiger partial charge in [-0.3, -0.25) is 4.79 Å². The first kappa shape index (κ1) is 10.5. The van der Waals surface area contributed by atoms with Crippen LogP contribution < -0.4 is 5.56 Å². The van der Waals surface area contributed by atoms with Crippen LogP contribution in [0.2, 0.25) is 0 Å². The van der Waals surface area contributed by atoms with E-state index in [0.717, 1.165) is 0 Å². The molecule has 0 spiro atoms. The Morgan fingerprint density at radius 3 is 2.62 bits per heavy atom. The second kappa shape index (κ2) is 3.89. The van der Waals surface area contributed by atoms with Crippen molar-refractivity contribution in [2.75, 3.05) is 0 Å². The zero-order valence-electron chi connectivity index (χ0n) is 9.04. The Bertz CT molecular complexity index is 590. The van der Waals surface area contributed by atoms with Crippen molar-refractivity contribution in [2.24, 2.45) is 0 Å². The maximum atomic E-state index is 13.5. The van der Waals surface area contributed by atoms with Crippen molar-refractivity contribution in [3.8, 4) is 11.3 Å². The van der Waals surface area contributed by atoms with Gasteiger partial charge in [0.25, 0.3) is 5.56 Å². The Hall–Kier alpha value is -1.97. The van der Waals surface area contributed by atoms with E-state index in [-0.39, 0.29) is 16.8 Å². The zero-order chi connectivity index (χ0) is 11.7. The van der Waals surface area contributed by atoms with Gasteiger partial charge in [-0.25, -0.2) is 9.37 Å². The fourth-order valence-corrected chi connectivity index (χ4v) is 1.46. The highest BCUT2D eigenvalue weighted by molar-refractivity contribution is 5.58. The quantitative estimate of drug-likeness (QED) is 0.797. The van der Waals surface area contributed by atoms with E-state index in [0.29, 0.717) is 11.4 Å². The molecular weight excluding hydrogens is 207 g/mol. The number of nitrogens with zero attached hydrogens (tertiary/aromatic N) is 1. The number of benzene rings is 1. The molecule has 0 aliphatic heterocycles. The molecule has 0 saturated carbocycles. The summed E-state index contributed by atoms with van der Waals surface area (Å²) < 4.78 is 13.5. The first-order valence-electron chi connectivity index (χ1n) is 4.92.